The van der Waals surface area contributed by atoms with Crippen molar-refractivity contribution in [1.29, 1.82) is 0 Å². The highest BCUT2D eigenvalue weighted by Crippen LogP contribution is 2.45. The van der Waals surface area contributed by atoms with E-state index >= 15 is 0 Å². The minimum absolute atomic E-state index is 0.0556. The summed E-state index contributed by atoms with van der Waals surface area (Å²) in [6, 6.07) is 0. The maximum absolute atomic E-state index is 13.1. The third kappa shape index (κ3) is 80.0. The summed E-state index contributed by atoms with van der Waals surface area (Å²) in [6.07, 6.45) is 99.7. The largest absolute Gasteiger partial charge is 0.472 e. The van der Waals surface area contributed by atoms with E-state index in [1.165, 1.54) is 0 Å². The van der Waals surface area contributed by atoms with Gasteiger partial charge in [0.25, 0.3) is 0 Å². The number of esters is 4. The Balaban J connectivity index is 5.48. The minimum Gasteiger partial charge on any atom is -0.462 e. The van der Waals surface area contributed by atoms with Crippen LogP contribution in [0.2, 0.25) is 0 Å². The van der Waals surface area contributed by atoms with Gasteiger partial charge in [-0.3, -0.25) is 37.3 Å². The molecule has 0 saturated carbocycles. The summed E-state index contributed by atoms with van der Waals surface area (Å²) < 4.78 is 68.7. The molecule has 3 N–H and O–H groups in total. The molecule has 19 heteroatoms. The van der Waals surface area contributed by atoms with Crippen LogP contribution in [0.25, 0.3) is 0 Å². The van der Waals surface area contributed by atoms with Crippen LogP contribution in [-0.4, -0.2) is 96.7 Å². The van der Waals surface area contributed by atoms with Crippen molar-refractivity contribution in [3.05, 3.63) is 194 Å². The fourth-order valence-electron chi connectivity index (χ4n) is 10.4. The van der Waals surface area contributed by atoms with Gasteiger partial charge in [0.1, 0.15) is 19.3 Å². The second kappa shape index (κ2) is 80.9. The predicted octanol–water partition coefficient (Wildman–Crippen LogP) is 24.9. The molecule has 622 valence electrons. The van der Waals surface area contributed by atoms with Gasteiger partial charge in [-0.15, -0.1) is 0 Å². The van der Waals surface area contributed by atoms with Crippen molar-refractivity contribution in [1.82, 2.24) is 0 Å². The fourth-order valence-corrected chi connectivity index (χ4v) is 11.9. The van der Waals surface area contributed by atoms with Crippen LogP contribution in [0.3, 0.4) is 0 Å². The lowest BCUT2D eigenvalue weighted by molar-refractivity contribution is -0.161. The van der Waals surface area contributed by atoms with Crippen LogP contribution in [0.4, 0.5) is 0 Å². The number of ether oxygens (including phenoxy) is 4. The number of phosphoric ester groups is 2. The zero-order valence-corrected chi connectivity index (χ0v) is 69.9. The zero-order valence-electron chi connectivity index (χ0n) is 68.1. The van der Waals surface area contributed by atoms with Crippen LogP contribution in [-0.2, 0) is 65.4 Å². The Morgan fingerprint density at radius 2 is 0.455 bits per heavy atom. The Bertz CT molecular complexity index is 2850. The van der Waals surface area contributed by atoms with Gasteiger partial charge < -0.3 is 33.8 Å². The van der Waals surface area contributed by atoms with E-state index in [1.807, 2.05) is 12.2 Å². The molecule has 0 aliphatic heterocycles. The average molecular weight is 1570 g/mol. The van der Waals surface area contributed by atoms with E-state index < -0.39 is 97.5 Å². The van der Waals surface area contributed by atoms with E-state index in [0.29, 0.717) is 32.1 Å². The second-order valence-corrected chi connectivity index (χ2v) is 29.8. The summed E-state index contributed by atoms with van der Waals surface area (Å²) in [5.41, 5.74) is 0. The number of carbonyl (C=O) groups excluding carboxylic acids is 4. The van der Waals surface area contributed by atoms with E-state index in [-0.39, 0.29) is 25.7 Å². The standard InChI is InChI=1S/C91H146O17P2/c1-5-9-13-17-21-25-29-33-37-40-42-45-49-52-56-60-64-68-72-76-89(94)102-82-87(108-91(96)78-74-70-66-62-58-54-50-46-43-41-38-34-30-26-22-18-14-10-6-2)84-106-110(99,100)104-80-85(92)79-103-109(97,98)105-83-86(107-90(95)77-73-69-65-61-57-53-47-36-32-28-24-20-16-12-8-4)81-101-88(93)75-71-67-63-59-55-51-48-44-39-35-31-27-23-19-15-11-7-3/h9-16,21-28,33-39,42-43,45-48,51,59,63,85-87,92H,5-8,17-20,29-32,40-41,44,49-50,52-58,60-62,64-84H2,1-4H3,(H,97,98)(H,99,100)/b13-9-,14-10-,15-11-,16-12-,25-21-,26-22-,27-23-,28-24-,37-33-,38-34-,39-35-,45-42-,46-43-,47-36-,51-48-,63-59-. The van der Waals surface area contributed by atoms with Crippen molar-refractivity contribution in [2.45, 2.75) is 316 Å². The van der Waals surface area contributed by atoms with Gasteiger partial charge in [0, 0.05) is 25.7 Å². The molecule has 5 unspecified atom stereocenters. The first-order chi connectivity index (χ1) is 53.7. The van der Waals surface area contributed by atoms with Gasteiger partial charge in [-0.25, -0.2) is 9.13 Å². The van der Waals surface area contributed by atoms with Crippen molar-refractivity contribution in [3.8, 4) is 0 Å². The van der Waals surface area contributed by atoms with Crippen LogP contribution in [0.15, 0.2) is 194 Å². The summed E-state index contributed by atoms with van der Waals surface area (Å²) in [4.78, 5) is 73.2. The van der Waals surface area contributed by atoms with E-state index in [4.69, 9.17) is 37.0 Å². The predicted molar refractivity (Wildman–Crippen MR) is 454 cm³/mol. The van der Waals surface area contributed by atoms with Crippen LogP contribution >= 0.6 is 15.6 Å². The number of carbonyl (C=O) groups is 4. The number of hydrogen-bond donors (Lipinski definition) is 3. The Labute approximate surface area is 666 Å². The third-order valence-electron chi connectivity index (χ3n) is 16.5. The lowest BCUT2D eigenvalue weighted by Crippen LogP contribution is -2.30. The topological polar surface area (TPSA) is 237 Å². The summed E-state index contributed by atoms with van der Waals surface area (Å²) in [7, 11) is -10.0. The highest BCUT2D eigenvalue weighted by atomic mass is 31.2. The molecule has 0 aromatic rings. The molecular formula is C91H146O17P2. The van der Waals surface area contributed by atoms with Gasteiger partial charge in [-0.05, 0) is 173 Å². The number of aliphatic hydroxyl groups is 1. The van der Waals surface area contributed by atoms with Gasteiger partial charge in [0.05, 0.1) is 26.4 Å². The lowest BCUT2D eigenvalue weighted by atomic mass is 10.1. The molecule has 0 heterocycles. The molecule has 0 fully saturated rings. The third-order valence-corrected chi connectivity index (χ3v) is 18.4. The van der Waals surface area contributed by atoms with E-state index in [1.54, 1.807) is 0 Å². The molecule has 0 saturated heterocycles. The lowest BCUT2D eigenvalue weighted by Gasteiger charge is -2.21. The smallest absolute Gasteiger partial charge is 0.462 e. The molecule has 0 aliphatic rings. The molecule has 0 amide bonds. The van der Waals surface area contributed by atoms with E-state index in [9.17, 15) is 43.2 Å². The van der Waals surface area contributed by atoms with Crippen molar-refractivity contribution in [2.24, 2.45) is 0 Å². The zero-order chi connectivity index (χ0) is 80.3. The monoisotopic (exact) mass is 1570 g/mol. The normalized spacial score (nSPS) is 14.8. The molecule has 5 atom stereocenters. The van der Waals surface area contributed by atoms with Gasteiger partial charge in [-0.1, -0.05) is 293 Å². The van der Waals surface area contributed by atoms with Crippen LogP contribution < -0.4 is 0 Å². The Hall–Kier alpha value is -6.10. The van der Waals surface area contributed by atoms with Gasteiger partial charge in [0.15, 0.2) is 12.2 Å². The number of aliphatic hydroxyl groups excluding tert-OH is 1. The Kier molecular flexibility index (Phi) is 76.4. The van der Waals surface area contributed by atoms with Crippen molar-refractivity contribution >= 4 is 39.5 Å². The van der Waals surface area contributed by atoms with Crippen LogP contribution in [0.5, 0.6) is 0 Å². The quantitative estimate of drug-likeness (QED) is 0.0169. The maximum Gasteiger partial charge on any atom is 0.472 e. The number of hydrogen-bond acceptors (Lipinski definition) is 15. The van der Waals surface area contributed by atoms with E-state index in [2.05, 4.69) is 210 Å². The summed E-state index contributed by atoms with van der Waals surface area (Å²) >= 11 is 0. The summed E-state index contributed by atoms with van der Waals surface area (Å²) in [6.45, 7) is 4.30. The average Bonchev–Trinajstić information content (AvgIpc) is 0.911. The molecule has 0 aromatic carbocycles. The maximum atomic E-state index is 13.1. The van der Waals surface area contributed by atoms with E-state index in [0.717, 1.165) is 212 Å². The highest BCUT2D eigenvalue weighted by Gasteiger charge is 2.30. The Morgan fingerprint density at radius 1 is 0.255 bits per heavy atom. The summed E-state index contributed by atoms with van der Waals surface area (Å²) in [5, 5.41) is 10.7. The number of allylic oxidation sites excluding steroid dienone is 32. The SMILES string of the molecule is CC/C=C\C/C=C\C/C=C\C/C=C\C/C=C\CCCC(=O)OCC(COP(=O)(O)OCC(O)COP(=O)(O)OCC(COC(=O)CCCCCCCC/C=C\C/C=C\C/C=C\C/C=C\CC)OC(=O)CCCCCCCC/C=C\C/C=C\C/C=C\C/C=C\CC)OC(=O)CCCCCCC/C=C\C/C=C\C/C=C\CC. The molecule has 0 bridgehead atoms. The fraction of sp³-hybridized carbons (Fsp3) is 0.604. The van der Waals surface area contributed by atoms with Crippen LogP contribution in [0.1, 0.15) is 297 Å². The molecule has 17 nitrogen and oxygen atoms in total. The summed E-state index contributed by atoms with van der Waals surface area (Å²) in [5.74, 6) is -2.31. The second-order valence-electron chi connectivity index (χ2n) is 26.9. The minimum atomic E-state index is -5.01. The first-order valence-electron chi connectivity index (χ1n) is 41.7. The molecule has 0 rings (SSSR count). The van der Waals surface area contributed by atoms with Crippen molar-refractivity contribution in [3.63, 3.8) is 0 Å². The number of unbranched alkanes of at least 4 members (excludes halogenated alkanes) is 18. The van der Waals surface area contributed by atoms with Gasteiger partial charge in [0.2, 0.25) is 0 Å². The van der Waals surface area contributed by atoms with Gasteiger partial charge >= 0.3 is 39.5 Å². The molecular weight excluding hydrogens is 1430 g/mol. The molecule has 0 radical (unpaired) electrons. The van der Waals surface area contributed by atoms with Crippen molar-refractivity contribution < 1.29 is 80.2 Å². The first-order valence-corrected chi connectivity index (χ1v) is 44.7. The number of rotatable bonds is 76. The van der Waals surface area contributed by atoms with Crippen molar-refractivity contribution in [2.75, 3.05) is 39.6 Å². The Morgan fingerprint density at radius 3 is 0.718 bits per heavy atom. The first kappa shape index (κ1) is 104. The number of phosphoric acid groups is 2. The molecule has 0 aliphatic carbocycles. The molecule has 110 heavy (non-hydrogen) atoms. The molecule has 0 spiro atoms. The van der Waals surface area contributed by atoms with Crippen LogP contribution in [0, 0.1) is 0 Å². The van der Waals surface area contributed by atoms with Gasteiger partial charge in [-0.2, -0.15) is 0 Å². The molecule has 0 aromatic heterocycles. The highest BCUT2D eigenvalue weighted by molar-refractivity contribution is 7.47.